The lowest BCUT2D eigenvalue weighted by molar-refractivity contribution is -0.0621. The standard InChI is InChI=1S/C14H19NO2/c1-10-2-3-13-11(8-10)12(15)9-14(17-13)4-6-16-7-5-14/h2-3,8,12H,4-7,9,15H2,1H3/t12-/m1/s1. The fourth-order valence-electron chi connectivity index (χ4n) is 2.89. The highest BCUT2D eigenvalue weighted by atomic mass is 16.5. The minimum atomic E-state index is -0.0834. The molecule has 3 heteroatoms. The Kier molecular flexibility index (Phi) is 2.60. The molecule has 0 bridgehead atoms. The van der Waals surface area contributed by atoms with Crippen LogP contribution in [-0.4, -0.2) is 18.8 Å². The molecule has 3 rings (SSSR count). The van der Waals surface area contributed by atoms with Gasteiger partial charge in [0.05, 0.1) is 13.2 Å². The number of benzene rings is 1. The van der Waals surface area contributed by atoms with E-state index in [1.54, 1.807) is 0 Å². The van der Waals surface area contributed by atoms with Gasteiger partial charge in [0.15, 0.2) is 0 Å². The maximum atomic E-state index is 6.30. The quantitative estimate of drug-likeness (QED) is 0.748. The average molecular weight is 233 g/mol. The zero-order chi connectivity index (χ0) is 11.9. The predicted molar refractivity (Wildman–Crippen MR) is 66.1 cm³/mol. The molecule has 2 aliphatic rings. The molecule has 3 nitrogen and oxygen atoms in total. The summed E-state index contributed by atoms with van der Waals surface area (Å²) in [6.45, 7) is 3.66. The molecule has 0 aliphatic carbocycles. The molecule has 0 saturated carbocycles. The Morgan fingerprint density at radius 1 is 1.29 bits per heavy atom. The topological polar surface area (TPSA) is 44.5 Å². The summed E-state index contributed by atoms with van der Waals surface area (Å²) in [5, 5.41) is 0. The van der Waals surface area contributed by atoms with Gasteiger partial charge in [-0.05, 0) is 13.0 Å². The molecule has 2 aliphatic heterocycles. The van der Waals surface area contributed by atoms with Crippen LogP contribution in [0.4, 0.5) is 0 Å². The molecular weight excluding hydrogens is 214 g/mol. The number of ether oxygens (including phenoxy) is 2. The van der Waals surface area contributed by atoms with Crippen molar-refractivity contribution in [2.45, 2.75) is 37.8 Å². The van der Waals surface area contributed by atoms with Crippen molar-refractivity contribution in [3.8, 4) is 5.75 Å². The van der Waals surface area contributed by atoms with Crippen LogP contribution in [0.2, 0.25) is 0 Å². The molecule has 1 fully saturated rings. The van der Waals surface area contributed by atoms with Crippen molar-refractivity contribution in [1.82, 2.24) is 0 Å². The first-order valence-corrected chi connectivity index (χ1v) is 6.31. The van der Waals surface area contributed by atoms with Crippen LogP contribution in [0.5, 0.6) is 5.75 Å². The third-order valence-corrected chi connectivity index (χ3v) is 3.89. The van der Waals surface area contributed by atoms with Gasteiger partial charge in [-0.15, -0.1) is 0 Å². The number of hydrogen-bond donors (Lipinski definition) is 1. The summed E-state index contributed by atoms with van der Waals surface area (Å²) in [6, 6.07) is 6.38. The van der Waals surface area contributed by atoms with Crippen LogP contribution >= 0.6 is 0 Å². The summed E-state index contributed by atoms with van der Waals surface area (Å²) in [7, 11) is 0. The predicted octanol–water partition coefficient (Wildman–Crippen LogP) is 2.33. The Morgan fingerprint density at radius 2 is 2.06 bits per heavy atom. The summed E-state index contributed by atoms with van der Waals surface area (Å²) in [5.74, 6) is 0.969. The second-order valence-corrected chi connectivity index (χ2v) is 5.25. The van der Waals surface area contributed by atoms with Crippen LogP contribution in [0.1, 0.15) is 36.4 Å². The molecule has 1 aromatic rings. The van der Waals surface area contributed by atoms with Crippen LogP contribution in [0.25, 0.3) is 0 Å². The monoisotopic (exact) mass is 233 g/mol. The first-order valence-electron chi connectivity index (χ1n) is 6.31. The highest BCUT2D eigenvalue weighted by molar-refractivity contribution is 5.41. The Morgan fingerprint density at radius 3 is 2.82 bits per heavy atom. The summed E-state index contributed by atoms with van der Waals surface area (Å²) in [6.07, 6.45) is 2.81. The molecule has 0 amide bonds. The van der Waals surface area contributed by atoms with E-state index in [0.29, 0.717) is 0 Å². The molecule has 1 aromatic carbocycles. The van der Waals surface area contributed by atoms with E-state index in [1.165, 1.54) is 5.56 Å². The van der Waals surface area contributed by atoms with E-state index in [2.05, 4.69) is 25.1 Å². The Balaban J connectivity index is 1.94. The van der Waals surface area contributed by atoms with Crippen molar-refractivity contribution >= 4 is 0 Å². The van der Waals surface area contributed by atoms with Crippen molar-refractivity contribution < 1.29 is 9.47 Å². The van der Waals surface area contributed by atoms with Crippen LogP contribution in [0.3, 0.4) is 0 Å². The van der Waals surface area contributed by atoms with Gasteiger partial charge in [0.25, 0.3) is 0 Å². The van der Waals surface area contributed by atoms with Crippen molar-refractivity contribution in [3.05, 3.63) is 29.3 Å². The molecule has 0 aromatic heterocycles. The largest absolute Gasteiger partial charge is 0.487 e. The second kappa shape index (κ2) is 4.00. The van der Waals surface area contributed by atoms with E-state index >= 15 is 0 Å². The summed E-state index contributed by atoms with van der Waals surface area (Å²) >= 11 is 0. The van der Waals surface area contributed by atoms with Crippen LogP contribution in [-0.2, 0) is 4.74 Å². The zero-order valence-corrected chi connectivity index (χ0v) is 10.2. The van der Waals surface area contributed by atoms with Gasteiger partial charge in [0, 0.05) is 30.9 Å². The van der Waals surface area contributed by atoms with Crippen LogP contribution in [0, 0.1) is 6.92 Å². The van der Waals surface area contributed by atoms with Gasteiger partial charge in [0.1, 0.15) is 11.4 Å². The van der Waals surface area contributed by atoms with Gasteiger partial charge >= 0.3 is 0 Å². The number of hydrogen-bond acceptors (Lipinski definition) is 3. The number of aryl methyl sites for hydroxylation is 1. The van der Waals surface area contributed by atoms with Crippen molar-refractivity contribution in [3.63, 3.8) is 0 Å². The normalized spacial score (nSPS) is 26.4. The Bertz CT molecular complexity index is 424. The lowest BCUT2D eigenvalue weighted by Gasteiger charge is -2.43. The molecule has 2 heterocycles. The first kappa shape index (κ1) is 11.1. The minimum absolute atomic E-state index is 0.0834. The lowest BCUT2D eigenvalue weighted by Crippen LogP contribution is -2.47. The molecule has 0 unspecified atom stereocenters. The zero-order valence-electron chi connectivity index (χ0n) is 10.2. The Labute approximate surface area is 102 Å². The van der Waals surface area contributed by atoms with E-state index in [-0.39, 0.29) is 11.6 Å². The fraction of sp³-hybridized carbons (Fsp3) is 0.571. The second-order valence-electron chi connectivity index (χ2n) is 5.25. The molecule has 92 valence electrons. The van der Waals surface area contributed by atoms with Gasteiger partial charge in [-0.3, -0.25) is 0 Å². The van der Waals surface area contributed by atoms with E-state index in [1.807, 2.05) is 0 Å². The van der Waals surface area contributed by atoms with Gasteiger partial charge < -0.3 is 15.2 Å². The third-order valence-electron chi connectivity index (χ3n) is 3.89. The van der Waals surface area contributed by atoms with Gasteiger partial charge in [-0.1, -0.05) is 17.7 Å². The number of nitrogens with two attached hydrogens (primary N) is 1. The van der Waals surface area contributed by atoms with E-state index in [0.717, 1.165) is 43.8 Å². The smallest absolute Gasteiger partial charge is 0.124 e. The third kappa shape index (κ3) is 1.94. The number of fused-ring (bicyclic) bond motifs is 1. The maximum absolute atomic E-state index is 6.30. The molecule has 0 radical (unpaired) electrons. The van der Waals surface area contributed by atoms with Gasteiger partial charge in [0.2, 0.25) is 0 Å². The Hall–Kier alpha value is -1.06. The maximum Gasteiger partial charge on any atom is 0.124 e. The fourth-order valence-corrected chi connectivity index (χ4v) is 2.89. The first-order chi connectivity index (χ1) is 8.19. The van der Waals surface area contributed by atoms with Gasteiger partial charge in [-0.25, -0.2) is 0 Å². The highest BCUT2D eigenvalue weighted by Crippen LogP contribution is 2.43. The van der Waals surface area contributed by atoms with Gasteiger partial charge in [-0.2, -0.15) is 0 Å². The minimum Gasteiger partial charge on any atom is -0.487 e. The van der Waals surface area contributed by atoms with E-state index in [9.17, 15) is 0 Å². The summed E-state index contributed by atoms with van der Waals surface area (Å²) < 4.78 is 11.6. The van der Waals surface area contributed by atoms with Crippen LogP contribution < -0.4 is 10.5 Å². The molecule has 1 spiro atoms. The highest BCUT2D eigenvalue weighted by Gasteiger charge is 2.41. The lowest BCUT2D eigenvalue weighted by atomic mass is 9.82. The summed E-state index contributed by atoms with van der Waals surface area (Å²) in [4.78, 5) is 0. The molecular formula is C14H19NO2. The van der Waals surface area contributed by atoms with Crippen LogP contribution in [0.15, 0.2) is 18.2 Å². The van der Waals surface area contributed by atoms with Crippen molar-refractivity contribution in [1.29, 1.82) is 0 Å². The summed E-state index contributed by atoms with van der Waals surface area (Å²) in [5.41, 5.74) is 8.61. The molecule has 17 heavy (non-hydrogen) atoms. The van der Waals surface area contributed by atoms with Crippen molar-refractivity contribution in [2.24, 2.45) is 5.73 Å². The number of rotatable bonds is 0. The molecule has 1 saturated heterocycles. The van der Waals surface area contributed by atoms with Crippen molar-refractivity contribution in [2.75, 3.05) is 13.2 Å². The average Bonchev–Trinajstić information content (AvgIpc) is 2.31. The van der Waals surface area contributed by atoms with E-state index in [4.69, 9.17) is 15.2 Å². The molecule has 1 atom stereocenters. The SMILES string of the molecule is Cc1ccc2c(c1)[C@H](N)CC1(CCOCC1)O2. The molecule has 2 N–H and O–H groups in total. The van der Waals surface area contributed by atoms with E-state index < -0.39 is 0 Å².